The van der Waals surface area contributed by atoms with Crippen molar-refractivity contribution in [3.8, 4) is 0 Å². The van der Waals surface area contributed by atoms with Crippen LogP contribution >= 0.6 is 0 Å². The fourth-order valence-corrected chi connectivity index (χ4v) is 0.914. The Labute approximate surface area is 76.6 Å². The van der Waals surface area contributed by atoms with Gasteiger partial charge in [0.25, 0.3) is 0 Å². The van der Waals surface area contributed by atoms with Crippen LogP contribution in [0.4, 0.5) is 0 Å². The summed E-state index contributed by atoms with van der Waals surface area (Å²) in [5.41, 5.74) is 9.88. The Hall–Kier alpha value is -1.80. The molecule has 13 heavy (non-hydrogen) atoms. The predicted molar refractivity (Wildman–Crippen MR) is 52.0 cm³/mol. The van der Waals surface area contributed by atoms with Crippen LogP contribution in [0.2, 0.25) is 0 Å². The SMILES string of the molecule is Cc1cccc(C=CCN=[N+]=[N-])n1. The zero-order valence-corrected chi connectivity index (χ0v) is 7.38. The second-order valence-electron chi connectivity index (χ2n) is 2.52. The minimum atomic E-state index is 0.367. The Morgan fingerprint density at radius 2 is 2.46 bits per heavy atom. The molecule has 66 valence electrons. The van der Waals surface area contributed by atoms with Gasteiger partial charge in [0, 0.05) is 17.2 Å². The number of aryl methyl sites for hydroxylation is 1. The van der Waals surface area contributed by atoms with Gasteiger partial charge in [-0.2, -0.15) is 0 Å². The zero-order valence-electron chi connectivity index (χ0n) is 7.38. The number of azide groups is 1. The van der Waals surface area contributed by atoms with Crippen molar-refractivity contribution in [3.05, 3.63) is 46.1 Å². The smallest absolute Gasteiger partial charge is 0.0629 e. The van der Waals surface area contributed by atoms with Gasteiger partial charge in [0.2, 0.25) is 0 Å². The fraction of sp³-hybridized carbons (Fsp3) is 0.222. The van der Waals surface area contributed by atoms with Crippen molar-refractivity contribution >= 4 is 6.08 Å². The van der Waals surface area contributed by atoms with E-state index in [9.17, 15) is 0 Å². The van der Waals surface area contributed by atoms with Crippen LogP contribution in [0.1, 0.15) is 11.4 Å². The summed E-state index contributed by atoms with van der Waals surface area (Å²) < 4.78 is 0. The molecule has 0 atom stereocenters. The molecule has 1 rings (SSSR count). The largest absolute Gasteiger partial charge is 0.254 e. The summed E-state index contributed by atoms with van der Waals surface area (Å²) in [7, 11) is 0. The van der Waals surface area contributed by atoms with E-state index in [2.05, 4.69) is 15.0 Å². The van der Waals surface area contributed by atoms with Gasteiger partial charge in [-0.15, -0.1) is 0 Å². The van der Waals surface area contributed by atoms with Crippen molar-refractivity contribution in [2.45, 2.75) is 6.92 Å². The third kappa shape index (κ3) is 3.40. The molecule has 0 spiro atoms. The van der Waals surface area contributed by atoms with E-state index in [1.54, 1.807) is 6.08 Å². The standard InChI is InChI=1S/C9H10N4/c1-8-4-2-5-9(12-8)6-3-7-11-13-10/h2-6H,7H2,1H3. The second kappa shape index (κ2) is 4.95. The topological polar surface area (TPSA) is 61.7 Å². The fourth-order valence-electron chi connectivity index (χ4n) is 0.914. The third-order valence-electron chi connectivity index (χ3n) is 1.45. The van der Waals surface area contributed by atoms with Crippen LogP contribution < -0.4 is 0 Å². The molecule has 0 saturated heterocycles. The molecule has 0 aliphatic heterocycles. The second-order valence-corrected chi connectivity index (χ2v) is 2.52. The van der Waals surface area contributed by atoms with Gasteiger partial charge in [0.05, 0.1) is 5.69 Å². The number of hydrogen-bond acceptors (Lipinski definition) is 2. The minimum absolute atomic E-state index is 0.367. The Morgan fingerprint density at radius 3 is 3.15 bits per heavy atom. The van der Waals surface area contributed by atoms with E-state index in [-0.39, 0.29) is 0 Å². The minimum Gasteiger partial charge on any atom is -0.254 e. The predicted octanol–water partition coefficient (Wildman–Crippen LogP) is 2.71. The first-order valence-electron chi connectivity index (χ1n) is 3.94. The molecule has 4 nitrogen and oxygen atoms in total. The molecule has 0 radical (unpaired) electrons. The normalized spacial score (nSPS) is 9.92. The molecule has 1 heterocycles. The average Bonchev–Trinajstić information content (AvgIpc) is 2.13. The molecule has 0 aliphatic rings. The number of pyridine rings is 1. The van der Waals surface area contributed by atoms with E-state index in [0.29, 0.717) is 6.54 Å². The molecule has 0 bridgehead atoms. The van der Waals surface area contributed by atoms with Crippen LogP contribution in [-0.2, 0) is 0 Å². The number of aromatic nitrogens is 1. The van der Waals surface area contributed by atoms with E-state index in [1.807, 2.05) is 31.2 Å². The molecular weight excluding hydrogens is 164 g/mol. The summed E-state index contributed by atoms with van der Waals surface area (Å²) in [6.45, 7) is 2.30. The van der Waals surface area contributed by atoms with E-state index in [1.165, 1.54) is 0 Å². The summed E-state index contributed by atoms with van der Waals surface area (Å²) in [4.78, 5) is 6.89. The van der Waals surface area contributed by atoms with Crippen molar-refractivity contribution in [2.75, 3.05) is 6.54 Å². The van der Waals surface area contributed by atoms with Gasteiger partial charge in [-0.1, -0.05) is 17.3 Å². The maximum absolute atomic E-state index is 8.02. The highest BCUT2D eigenvalue weighted by atomic mass is 15.1. The Kier molecular flexibility index (Phi) is 3.54. The average molecular weight is 174 g/mol. The van der Waals surface area contributed by atoms with Gasteiger partial charge in [0.15, 0.2) is 0 Å². The van der Waals surface area contributed by atoms with Crippen molar-refractivity contribution in [1.82, 2.24) is 4.98 Å². The molecule has 4 heteroatoms. The zero-order chi connectivity index (χ0) is 9.52. The van der Waals surface area contributed by atoms with Crippen LogP contribution in [0.15, 0.2) is 29.4 Å². The van der Waals surface area contributed by atoms with Gasteiger partial charge in [-0.25, -0.2) is 0 Å². The summed E-state index contributed by atoms with van der Waals surface area (Å²) >= 11 is 0. The van der Waals surface area contributed by atoms with Gasteiger partial charge in [-0.05, 0) is 30.7 Å². The monoisotopic (exact) mass is 174 g/mol. The molecule has 0 fully saturated rings. The first-order chi connectivity index (χ1) is 6.33. The lowest BCUT2D eigenvalue weighted by Crippen LogP contribution is -1.83. The molecular formula is C9H10N4. The molecule has 0 saturated carbocycles. The van der Waals surface area contributed by atoms with E-state index >= 15 is 0 Å². The Bertz CT molecular complexity index is 350. The molecule has 0 N–H and O–H groups in total. The van der Waals surface area contributed by atoms with Crippen molar-refractivity contribution in [3.63, 3.8) is 0 Å². The molecule has 1 aromatic heterocycles. The van der Waals surface area contributed by atoms with Crippen LogP contribution in [0, 0.1) is 6.92 Å². The lowest BCUT2D eigenvalue weighted by molar-refractivity contribution is 1.17. The van der Waals surface area contributed by atoms with Crippen LogP contribution in [0.3, 0.4) is 0 Å². The van der Waals surface area contributed by atoms with Crippen LogP contribution in [-0.4, -0.2) is 11.5 Å². The molecule has 0 unspecified atom stereocenters. The van der Waals surface area contributed by atoms with Crippen molar-refractivity contribution < 1.29 is 0 Å². The summed E-state index contributed by atoms with van der Waals surface area (Å²) in [6, 6.07) is 5.78. The highest BCUT2D eigenvalue weighted by Crippen LogP contribution is 1.99. The Balaban J connectivity index is 2.63. The van der Waals surface area contributed by atoms with E-state index < -0.39 is 0 Å². The first kappa shape index (κ1) is 9.29. The van der Waals surface area contributed by atoms with Gasteiger partial charge in [-0.3, -0.25) is 4.98 Å². The van der Waals surface area contributed by atoms with Gasteiger partial charge in [0.1, 0.15) is 0 Å². The number of rotatable bonds is 3. The number of nitrogens with zero attached hydrogens (tertiary/aromatic N) is 4. The molecule has 0 aliphatic carbocycles. The first-order valence-corrected chi connectivity index (χ1v) is 3.94. The third-order valence-corrected chi connectivity index (χ3v) is 1.45. The summed E-state index contributed by atoms with van der Waals surface area (Å²) in [5, 5.41) is 3.38. The van der Waals surface area contributed by atoms with Crippen LogP contribution in [0.25, 0.3) is 16.5 Å². The highest BCUT2D eigenvalue weighted by Gasteiger charge is 1.87. The van der Waals surface area contributed by atoms with E-state index in [0.717, 1.165) is 11.4 Å². The maximum Gasteiger partial charge on any atom is 0.0629 e. The maximum atomic E-state index is 8.02. The van der Waals surface area contributed by atoms with Gasteiger partial charge >= 0.3 is 0 Å². The quantitative estimate of drug-likeness (QED) is 0.394. The van der Waals surface area contributed by atoms with Crippen LogP contribution in [0.5, 0.6) is 0 Å². The molecule has 0 amide bonds. The Morgan fingerprint density at radius 1 is 1.62 bits per heavy atom. The lowest BCUT2D eigenvalue weighted by Gasteiger charge is -1.93. The molecule has 1 aromatic rings. The highest BCUT2D eigenvalue weighted by molar-refractivity contribution is 5.44. The van der Waals surface area contributed by atoms with Crippen molar-refractivity contribution in [2.24, 2.45) is 5.11 Å². The number of hydrogen-bond donors (Lipinski definition) is 0. The summed E-state index contributed by atoms with van der Waals surface area (Å²) in [5.74, 6) is 0. The lowest BCUT2D eigenvalue weighted by atomic mass is 10.3. The van der Waals surface area contributed by atoms with E-state index in [4.69, 9.17) is 5.53 Å². The molecule has 0 aromatic carbocycles. The summed E-state index contributed by atoms with van der Waals surface area (Å²) in [6.07, 6.45) is 3.61. The van der Waals surface area contributed by atoms with Crippen molar-refractivity contribution in [1.29, 1.82) is 0 Å². The van der Waals surface area contributed by atoms with Gasteiger partial charge < -0.3 is 0 Å².